The number of hydrogen-bond acceptors (Lipinski definition) is 5. The van der Waals surface area contributed by atoms with E-state index in [0.29, 0.717) is 28.3 Å². The predicted molar refractivity (Wildman–Crippen MR) is 125 cm³/mol. The van der Waals surface area contributed by atoms with Crippen LogP contribution in [-0.4, -0.2) is 47.9 Å². The van der Waals surface area contributed by atoms with Crippen LogP contribution in [0.25, 0.3) is 26.4 Å². The third-order valence-electron chi connectivity index (χ3n) is 5.16. The van der Waals surface area contributed by atoms with Gasteiger partial charge in [-0.2, -0.15) is 0 Å². The zero-order chi connectivity index (χ0) is 22.7. The van der Waals surface area contributed by atoms with Crippen LogP contribution in [-0.2, 0) is 0 Å². The molecule has 166 valence electrons. The molecule has 0 aliphatic heterocycles. The first-order valence-electron chi connectivity index (χ1n) is 10.4. The maximum absolute atomic E-state index is 14.6. The third kappa shape index (κ3) is 4.35. The summed E-state index contributed by atoms with van der Waals surface area (Å²) in [6.07, 6.45) is 2.64. The molecule has 2 heterocycles. The summed E-state index contributed by atoms with van der Waals surface area (Å²) in [5, 5.41) is 8.65. The molecule has 4 aromatic rings. The maximum atomic E-state index is 14.6. The van der Waals surface area contributed by atoms with Gasteiger partial charge in [-0.15, -0.1) is 0 Å². The van der Waals surface area contributed by atoms with Gasteiger partial charge in [0.25, 0.3) is 11.8 Å². The highest BCUT2D eigenvalue weighted by Gasteiger charge is 2.16. The van der Waals surface area contributed by atoms with Crippen molar-refractivity contribution in [3.8, 4) is 11.3 Å². The van der Waals surface area contributed by atoms with Gasteiger partial charge in [-0.05, 0) is 55.9 Å². The highest BCUT2D eigenvalue weighted by Crippen LogP contribution is 2.31. The van der Waals surface area contributed by atoms with E-state index >= 15 is 0 Å². The van der Waals surface area contributed by atoms with Gasteiger partial charge in [0.1, 0.15) is 5.82 Å². The number of rotatable bonds is 8. The Kier molecular flexibility index (Phi) is 6.48. The normalized spacial score (nSPS) is 11.2. The van der Waals surface area contributed by atoms with Crippen molar-refractivity contribution in [1.29, 1.82) is 0 Å². The van der Waals surface area contributed by atoms with Gasteiger partial charge in [0.05, 0.1) is 15.9 Å². The molecule has 2 aromatic heterocycles. The number of fused-ring (bicyclic) bond motifs is 3. The van der Waals surface area contributed by atoms with Crippen molar-refractivity contribution in [2.45, 2.75) is 13.3 Å². The summed E-state index contributed by atoms with van der Waals surface area (Å²) in [4.78, 5) is 29.4. The molecule has 0 atom stereocenters. The molecule has 0 aliphatic carbocycles. The molecular weight excluding hydrogens is 429 g/mol. The molecule has 0 fully saturated rings. The molecule has 0 spiro atoms. The zero-order valence-electron chi connectivity index (χ0n) is 17.9. The number of carbonyl (C=O) groups is 2. The van der Waals surface area contributed by atoms with E-state index < -0.39 is 5.82 Å². The zero-order valence-corrected chi connectivity index (χ0v) is 18.7. The molecule has 0 aliphatic rings. The number of benzene rings is 2. The van der Waals surface area contributed by atoms with Gasteiger partial charge in [0.2, 0.25) is 0 Å². The molecule has 0 bridgehead atoms. The first-order chi connectivity index (χ1) is 15.5. The van der Waals surface area contributed by atoms with Crippen molar-refractivity contribution < 1.29 is 14.0 Å². The molecule has 0 saturated carbocycles. The number of carbonyl (C=O) groups excluding carboxylic acids is 2. The molecule has 4 rings (SSSR count). The topological polar surface area (TPSA) is 87.5 Å². The number of thiazole rings is 1. The number of aromatic nitrogens is 2. The summed E-state index contributed by atoms with van der Waals surface area (Å²) in [6, 6.07) is 9.87. The monoisotopic (exact) mass is 453 g/mol. The van der Waals surface area contributed by atoms with Crippen molar-refractivity contribution in [2.24, 2.45) is 0 Å². The van der Waals surface area contributed by atoms with E-state index in [1.807, 2.05) is 23.5 Å². The molecule has 7 nitrogen and oxygen atoms in total. The fourth-order valence-corrected chi connectivity index (χ4v) is 4.52. The van der Waals surface area contributed by atoms with Crippen molar-refractivity contribution in [3.05, 3.63) is 59.5 Å². The Balaban J connectivity index is 1.56. The molecule has 2 amide bonds. The van der Waals surface area contributed by atoms with Crippen LogP contribution in [0.1, 0.15) is 34.1 Å². The van der Waals surface area contributed by atoms with Crippen LogP contribution in [0.2, 0.25) is 0 Å². The summed E-state index contributed by atoms with van der Waals surface area (Å²) >= 11 is 1.44. The summed E-state index contributed by atoms with van der Waals surface area (Å²) in [7, 11) is 1.50. The van der Waals surface area contributed by atoms with Crippen molar-refractivity contribution in [3.63, 3.8) is 0 Å². The predicted octanol–water partition coefficient (Wildman–Crippen LogP) is 3.44. The molecule has 0 radical (unpaired) electrons. The fourth-order valence-electron chi connectivity index (χ4n) is 3.47. The number of hydrogen-bond donors (Lipinski definition) is 3. The highest BCUT2D eigenvalue weighted by molar-refractivity contribution is 7.23. The molecule has 32 heavy (non-hydrogen) atoms. The van der Waals surface area contributed by atoms with Crippen LogP contribution in [0.3, 0.4) is 0 Å². The van der Waals surface area contributed by atoms with Crippen LogP contribution in [0.4, 0.5) is 4.39 Å². The molecule has 9 heteroatoms. The summed E-state index contributed by atoms with van der Waals surface area (Å²) in [6.45, 7) is 4.45. The van der Waals surface area contributed by atoms with E-state index in [2.05, 4.69) is 20.9 Å². The Bertz CT molecular complexity index is 1300. The Labute approximate surface area is 188 Å². The summed E-state index contributed by atoms with van der Waals surface area (Å²) < 4.78 is 17.4. The highest BCUT2D eigenvalue weighted by atomic mass is 32.1. The van der Waals surface area contributed by atoms with Gasteiger partial charge in [-0.25, -0.2) is 9.37 Å². The number of nitrogens with zero attached hydrogens (tertiary/aromatic N) is 2. The second kappa shape index (κ2) is 9.46. The average molecular weight is 454 g/mol. The molecule has 2 aromatic carbocycles. The van der Waals surface area contributed by atoms with Crippen LogP contribution >= 0.6 is 11.3 Å². The van der Waals surface area contributed by atoms with Crippen LogP contribution < -0.4 is 16.0 Å². The van der Waals surface area contributed by atoms with Crippen molar-refractivity contribution >= 4 is 38.3 Å². The second-order valence-corrected chi connectivity index (χ2v) is 8.31. The minimum Gasteiger partial charge on any atom is -0.355 e. The van der Waals surface area contributed by atoms with Gasteiger partial charge in [0, 0.05) is 36.5 Å². The van der Waals surface area contributed by atoms with E-state index in [1.54, 1.807) is 24.4 Å². The van der Waals surface area contributed by atoms with Gasteiger partial charge in [0.15, 0.2) is 4.96 Å². The SMILES string of the molecule is CCNCCCNC(=O)c1ccc2c(c1)sc1nc(-c3ccc(C(=O)NC)cc3F)cn12. The Hall–Kier alpha value is -3.30. The van der Waals surface area contributed by atoms with Crippen LogP contribution in [0.15, 0.2) is 42.6 Å². The van der Waals surface area contributed by atoms with Gasteiger partial charge in [-0.1, -0.05) is 18.3 Å². The largest absolute Gasteiger partial charge is 0.355 e. The lowest BCUT2D eigenvalue weighted by atomic mass is 10.1. The number of imidazole rings is 1. The lowest BCUT2D eigenvalue weighted by Gasteiger charge is -2.06. The first kappa shape index (κ1) is 21.9. The van der Waals surface area contributed by atoms with Gasteiger partial charge < -0.3 is 16.0 Å². The van der Waals surface area contributed by atoms with Gasteiger partial charge >= 0.3 is 0 Å². The van der Waals surface area contributed by atoms with E-state index in [0.717, 1.165) is 29.7 Å². The van der Waals surface area contributed by atoms with Gasteiger partial charge in [-0.3, -0.25) is 14.0 Å². The van der Waals surface area contributed by atoms with Crippen LogP contribution in [0.5, 0.6) is 0 Å². The molecule has 0 unspecified atom stereocenters. The van der Waals surface area contributed by atoms with Crippen molar-refractivity contribution in [2.75, 3.05) is 26.7 Å². The minimum absolute atomic E-state index is 0.103. The number of halogens is 1. The lowest BCUT2D eigenvalue weighted by Crippen LogP contribution is -2.27. The van der Waals surface area contributed by atoms with E-state index in [1.165, 1.54) is 24.5 Å². The maximum Gasteiger partial charge on any atom is 0.251 e. The number of nitrogens with one attached hydrogen (secondary N) is 3. The first-order valence-corrected chi connectivity index (χ1v) is 11.3. The van der Waals surface area contributed by atoms with E-state index in [-0.39, 0.29) is 17.4 Å². The van der Waals surface area contributed by atoms with E-state index in [9.17, 15) is 14.0 Å². The Morgan fingerprint density at radius 2 is 1.88 bits per heavy atom. The molecule has 3 N–H and O–H groups in total. The van der Waals surface area contributed by atoms with Crippen molar-refractivity contribution in [1.82, 2.24) is 25.3 Å². The quantitative estimate of drug-likeness (QED) is 0.357. The van der Waals surface area contributed by atoms with Crippen LogP contribution in [0, 0.1) is 5.82 Å². The number of amides is 2. The second-order valence-electron chi connectivity index (χ2n) is 7.30. The van der Waals surface area contributed by atoms with E-state index in [4.69, 9.17) is 0 Å². The minimum atomic E-state index is -0.505. The standard InChI is InChI=1S/C23H24FN5O2S/c1-3-26-9-4-10-27-22(31)15-6-8-19-20(12-15)32-23-28-18(13-29(19)23)16-7-5-14(11-17(16)24)21(30)25-2/h5-8,11-13,26H,3-4,9-10H2,1-2H3,(H,25,30)(H,27,31). The Morgan fingerprint density at radius 3 is 2.62 bits per heavy atom. The third-order valence-corrected chi connectivity index (χ3v) is 6.17. The summed E-state index contributed by atoms with van der Waals surface area (Å²) in [5.41, 5.74) is 2.57. The molecule has 0 saturated heterocycles. The Morgan fingerprint density at radius 1 is 1.09 bits per heavy atom. The smallest absolute Gasteiger partial charge is 0.251 e. The summed E-state index contributed by atoms with van der Waals surface area (Å²) in [5.74, 6) is -0.951. The fraction of sp³-hybridized carbons (Fsp3) is 0.261. The molecular formula is C23H24FN5O2S. The lowest BCUT2D eigenvalue weighted by molar-refractivity contribution is 0.0948. The average Bonchev–Trinajstić information content (AvgIpc) is 3.35.